The Morgan fingerprint density at radius 3 is 2.73 bits per heavy atom. The van der Waals surface area contributed by atoms with Crippen molar-refractivity contribution < 1.29 is 8.78 Å². The molecule has 1 fully saturated rings. The number of rotatable bonds is 1. The second-order valence-corrected chi connectivity index (χ2v) is 2.63. The predicted octanol–water partition coefficient (Wildman–Crippen LogP) is 1.61. The molecule has 0 saturated carbocycles. The van der Waals surface area contributed by atoms with E-state index in [9.17, 15) is 8.78 Å². The summed E-state index contributed by atoms with van der Waals surface area (Å²) < 4.78 is 25.4. The first-order valence-corrected chi connectivity index (χ1v) is 3.46. The summed E-state index contributed by atoms with van der Waals surface area (Å²) in [6.07, 6.45) is 0. The minimum Gasteiger partial charge on any atom is -0.307 e. The lowest BCUT2D eigenvalue weighted by Gasteiger charge is -1.97. The van der Waals surface area contributed by atoms with Crippen molar-refractivity contribution in [3.8, 4) is 0 Å². The van der Waals surface area contributed by atoms with Gasteiger partial charge in [0.1, 0.15) is 11.6 Å². The summed E-state index contributed by atoms with van der Waals surface area (Å²) in [5.41, 5.74) is 0.435. The summed E-state index contributed by atoms with van der Waals surface area (Å²) in [4.78, 5) is 0. The molecule has 1 heterocycles. The molecule has 1 atom stereocenters. The number of benzene rings is 1. The Kier molecular flexibility index (Phi) is 1.39. The van der Waals surface area contributed by atoms with Gasteiger partial charge in [0.05, 0.1) is 0 Å². The SMILES string of the molecule is Fc1ccc(F)c(C2CN2)c1. The molecule has 2 rings (SSSR count). The van der Waals surface area contributed by atoms with Crippen molar-refractivity contribution in [1.82, 2.24) is 5.32 Å². The van der Waals surface area contributed by atoms with Crippen LogP contribution in [0.25, 0.3) is 0 Å². The first-order chi connectivity index (χ1) is 5.27. The molecule has 0 aliphatic carbocycles. The Balaban J connectivity index is 2.42. The average molecular weight is 155 g/mol. The molecule has 1 aliphatic heterocycles. The summed E-state index contributed by atoms with van der Waals surface area (Å²) in [6.45, 7) is 0.750. The molecule has 1 aromatic rings. The highest BCUT2D eigenvalue weighted by Gasteiger charge is 2.25. The second kappa shape index (κ2) is 2.27. The Morgan fingerprint density at radius 2 is 2.09 bits per heavy atom. The molecular formula is C8H7F2N. The lowest BCUT2D eigenvalue weighted by Crippen LogP contribution is -1.91. The normalized spacial score (nSPS) is 21.8. The van der Waals surface area contributed by atoms with E-state index in [1.807, 2.05) is 0 Å². The van der Waals surface area contributed by atoms with Crippen LogP contribution >= 0.6 is 0 Å². The van der Waals surface area contributed by atoms with Gasteiger partial charge in [-0.05, 0) is 18.2 Å². The lowest BCUT2D eigenvalue weighted by molar-refractivity contribution is 0.585. The van der Waals surface area contributed by atoms with Crippen molar-refractivity contribution in [2.24, 2.45) is 0 Å². The van der Waals surface area contributed by atoms with Gasteiger partial charge in [0.15, 0.2) is 0 Å². The Morgan fingerprint density at radius 1 is 1.36 bits per heavy atom. The second-order valence-electron chi connectivity index (χ2n) is 2.63. The molecule has 0 aromatic heterocycles. The smallest absolute Gasteiger partial charge is 0.128 e. The van der Waals surface area contributed by atoms with Gasteiger partial charge in [-0.1, -0.05) is 0 Å². The zero-order valence-electron chi connectivity index (χ0n) is 5.77. The molecule has 0 radical (unpaired) electrons. The molecule has 0 amide bonds. The lowest BCUT2D eigenvalue weighted by atomic mass is 10.1. The molecule has 1 unspecified atom stereocenters. The fraction of sp³-hybridized carbons (Fsp3) is 0.250. The van der Waals surface area contributed by atoms with E-state index in [1.165, 1.54) is 6.07 Å². The van der Waals surface area contributed by atoms with Crippen molar-refractivity contribution in [2.45, 2.75) is 6.04 Å². The first kappa shape index (κ1) is 6.73. The van der Waals surface area contributed by atoms with Gasteiger partial charge in [0.25, 0.3) is 0 Å². The number of nitrogens with one attached hydrogen (secondary N) is 1. The third-order valence-corrected chi connectivity index (χ3v) is 1.74. The maximum atomic E-state index is 12.9. The highest BCUT2D eigenvalue weighted by atomic mass is 19.1. The van der Waals surface area contributed by atoms with Gasteiger partial charge in [-0.15, -0.1) is 0 Å². The molecular weight excluding hydrogens is 148 g/mol. The Labute approximate surface area is 63.0 Å². The van der Waals surface area contributed by atoms with Crippen molar-refractivity contribution in [2.75, 3.05) is 6.54 Å². The summed E-state index contributed by atoms with van der Waals surface area (Å²) in [6, 6.07) is 3.55. The summed E-state index contributed by atoms with van der Waals surface area (Å²) in [5, 5.41) is 2.91. The molecule has 1 saturated heterocycles. The Bertz CT molecular complexity index is 281. The number of hydrogen-bond donors (Lipinski definition) is 1. The van der Waals surface area contributed by atoms with Crippen LogP contribution in [0.5, 0.6) is 0 Å². The molecule has 1 aromatic carbocycles. The van der Waals surface area contributed by atoms with E-state index in [0.29, 0.717) is 5.56 Å². The summed E-state index contributed by atoms with van der Waals surface area (Å²) >= 11 is 0. The van der Waals surface area contributed by atoms with Crippen LogP contribution in [0.1, 0.15) is 11.6 Å². The maximum Gasteiger partial charge on any atom is 0.128 e. The highest BCUT2D eigenvalue weighted by Crippen LogP contribution is 2.24. The third kappa shape index (κ3) is 1.24. The average Bonchev–Trinajstić information content (AvgIpc) is 2.76. The monoisotopic (exact) mass is 155 g/mol. The van der Waals surface area contributed by atoms with E-state index in [0.717, 1.165) is 18.7 Å². The van der Waals surface area contributed by atoms with Crippen LogP contribution in [-0.2, 0) is 0 Å². The largest absolute Gasteiger partial charge is 0.307 e. The van der Waals surface area contributed by atoms with Crippen molar-refractivity contribution >= 4 is 0 Å². The van der Waals surface area contributed by atoms with Crippen LogP contribution in [0.15, 0.2) is 18.2 Å². The zero-order chi connectivity index (χ0) is 7.84. The molecule has 1 N–H and O–H groups in total. The van der Waals surface area contributed by atoms with E-state index in [1.54, 1.807) is 0 Å². The Hall–Kier alpha value is -0.960. The first-order valence-electron chi connectivity index (χ1n) is 3.46. The van der Waals surface area contributed by atoms with Crippen LogP contribution in [0, 0.1) is 11.6 Å². The standard InChI is InChI=1S/C8H7F2N/c9-5-1-2-7(10)6(3-5)8-4-11-8/h1-3,8,11H,4H2. The van der Waals surface area contributed by atoms with E-state index < -0.39 is 0 Å². The van der Waals surface area contributed by atoms with Gasteiger partial charge in [0, 0.05) is 18.2 Å². The fourth-order valence-corrected chi connectivity index (χ4v) is 1.06. The van der Waals surface area contributed by atoms with Gasteiger partial charge in [-0.3, -0.25) is 0 Å². The van der Waals surface area contributed by atoms with E-state index in [-0.39, 0.29) is 17.7 Å². The predicted molar refractivity (Wildman–Crippen MR) is 37.1 cm³/mol. The molecule has 58 valence electrons. The van der Waals surface area contributed by atoms with E-state index in [4.69, 9.17) is 0 Å². The maximum absolute atomic E-state index is 12.9. The molecule has 3 heteroatoms. The number of hydrogen-bond acceptors (Lipinski definition) is 1. The molecule has 11 heavy (non-hydrogen) atoms. The molecule has 1 aliphatic rings. The van der Waals surface area contributed by atoms with Crippen LogP contribution in [0.2, 0.25) is 0 Å². The van der Waals surface area contributed by atoms with Crippen LogP contribution in [0.3, 0.4) is 0 Å². The fourth-order valence-electron chi connectivity index (χ4n) is 1.06. The minimum absolute atomic E-state index is 0.0331. The van der Waals surface area contributed by atoms with E-state index in [2.05, 4.69) is 5.32 Å². The van der Waals surface area contributed by atoms with Crippen molar-refractivity contribution in [1.29, 1.82) is 0 Å². The topological polar surface area (TPSA) is 21.9 Å². The van der Waals surface area contributed by atoms with Gasteiger partial charge >= 0.3 is 0 Å². The van der Waals surface area contributed by atoms with Gasteiger partial charge in [0.2, 0.25) is 0 Å². The summed E-state index contributed by atoms with van der Waals surface area (Å²) in [5.74, 6) is -0.712. The number of halogens is 2. The van der Waals surface area contributed by atoms with E-state index >= 15 is 0 Å². The van der Waals surface area contributed by atoms with Crippen LogP contribution in [-0.4, -0.2) is 6.54 Å². The molecule has 1 nitrogen and oxygen atoms in total. The van der Waals surface area contributed by atoms with Crippen molar-refractivity contribution in [3.63, 3.8) is 0 Å². The van der Waals surface area contributed by atoms with Crippen LogP contribution in [0.4, 0.5) is 8.78 Å². The van der Waals surface area contributed by atoms with Crippen molar-refractivity contribution in [3.05, 3.63) is 35.4 Å². The van der Waals surface area contributed by atoms with Gasteiger partial charge < -0.3 is 5.32 Å². The van der Waals surface area contributed by atoms with Crippen LogP contribution < -0.4 is 5.32 Å². The quantitative estimate of drug-likeness (QED) is 0.611. The zero-order valence-corrected chi connectivity index (χ0v) is 5.77. The van der Waals surface area contributed by atoms with Gasteiger partial charge in [-0.2, -0.15) is 0 Å². The molecule has 0 bridgehead atoms. The molecule has 0 spiro atoms. The third-order valence-electron chi connectivity index (χ3n) is 1.74. The van der Waals surface area contributed by atoms with Gasteiger partial charge in [-0.25, -0.2) is 8.78 Å². The summed E-state index contributed by atoms with van der Waals surface area (Å²) in [7, 11) is 0. The minimum atomic E-state index is -0.380. The highest BCUT2D eigenvalue weighted by molar-refractivity contribution is 5.25.